The van der Waals surface area contributed by atoms with Crippen LogP contribution in [0.25, 0.3) is 0 Å². The van der Waals surface area contributed by atoms with Crippen LogP contribution >= 0.6 is 0 Å². The Hall–Kier alpha value is -3.11. The van der Waals surface area contributed by atoms with Crippen molar-refractivity contribution >= 4 is 24.8 Å². The molecule has 0 saturated heterocycles. The summed E-state index contributed by atoms with van der Waals surface area (Å²) in [5.74, 6) is -3.50. The van der Waals surface area contributed by atoms with Crippen molar-refractivity contribution in [2.75, 3.05) is 5.73 Å². The zero-order valence-corrected chi connectivity index (χ0v) is 13.0. The van der Waals surface area contributed by atoms with Gasteiger partial charge in [0.25, 0.3) is 5.91 Å². The lowest BCUT2D eigenvalue weighted by Gasteiger charge is -2.19. The van der Waals surface area contributed by atoms with E-state index in [1.807, 2.05) is 0 Å². The number of carbonyl (C=O) groups is 2. The molecule has 130 valence electrons. The van der Waals surface area contributed by atoms with Crippen LogP contribution < -0.4 is 11.1 Å². The molecule has 25 heavy (non-hydrogen) atoms. The molecule has 0 fully saturated rings. The summed E-state index contributed by atoms with van der Waals surface area (Å²) in [6, 6.07) is 6.76. The number of aromatic hydroxyl groups is 1. The second-order valence-corrected chi connectivity index (χ2v) is 5.29. The minimum Gasteiger partial charge on any atom is -0.507 e. The lowest BCUT2D eigenvalue weighted by Crippen LogP contribution is -2.48. The number of rotatable bonds is 6. The number of nitrogen functional groups attached to an aromatic ring is 1. The number of benzene rings is 1. The zero-order chi connectivity index (χ0) is 18.6. The predicted octanol–water partition coefficient (Wildman–Crippen LogP) is -0.579. The Morgan fingerprint density at radius 2 is 2.00 bits per heavy atom. The summed E-state index contributed by atoms with van der Waals surface area (Å²) in [7, 11) is -1.93. The van der Waals surface area contributed by atoms with Gasteiger partial charge in [0.05, 0.1) is 5.94 Å². The van der Waals surface area contributed by atoms with Crippen molar-refractivity contribution < 1.29 is 29.9 Å². The number of phenols is 1. The second-order valence-electron chi connectivity index (χ2n) is 5.29. The Bertz CT molecular complexity index is 799. The molecule has 1 amide bonds. The molecule has 0 aliphatic rings. The SMILES string of the molecule is Nc1cc(C(=O)N[C@@H](Cc2cccc(C(=O)O)c2O)B(O)O)ccn1. The van der Waals surface area contributed by atoms with Crippen LogP contribution in [0.2, 0.25) is 0 Å². The van der Waals surface area contributed by atoms with E-state index in [9.17, 15) is 24.7 Å². The molecule has 0 unspecified atom stereocenters. The van der Waals surface area contributed by atoms with E-state index in [0.717, 1.165) is 0 Å². The minimum atomic E-state index is -1.93. The van der Waals surface area contributed by atoms with Gasteiger partial charge in [-0.2, -0.15) is 0 Å². The number of aromatic nitrogens is 1. The molecule has 0 bridgehead atoms. The Kier molecular flexibility index (Phi) is 5.58. The third-order valence-electron chi connectivity index (χ3n) is 3.51. The molecular formula is C15H16BN3O6. The number of hydrogen-bond donors (Lipinski definition) is 6. The molecule has 7 N–H and O–H groups in total. The van der Waals surface area contributed by atoms with Gasteiger partial charge in [-0.3, -0.25) is 4.79 Å². The first kappa shape index (κ1) is 18.2. The first-order valence-electron chi connectivity index (χ1n) is 7.22. The molecule has 0 aliphatic heterocycles. The van der Waals surface area contributed by atoms with Crippen molar-refractivity contribution in [3.05, 3.63) is 53.2 Å². The molecule has 10 heteroatoms. The normalized spacial score (nSPS) is 11.6. The number of nitrogens with one attached hydrogen (secondary N) is 1. The minimum absolute atomic E-state index is 0.126. The number of carboxylic acid groups (broad SMARTS) is 1. The molecule has 0 radical (unpaired) electrons. The van der Waals surface area contributed by atoms with Crippen molar-refractivity contribution in [3.8, 4) is 5.75 Å². The van der Waals surface area contributed by atoms with Crippen LogP contribution in [0.1, 0.15) is 26.3 Å². The monoisotopic (exact) mass is 345 g/mol. The number of pyridine rings is 1. The number of amides is 1. The smallest absolute Gasteiger partial charge is 0.475 e. The van der Waals surface area contributed by atoms with Crippen LogP contribution in [0.4, 0.5) is 5.82 Å². The van der Waals surface area contributed by atoms with Gasteiger partial charge in [-0.05, 0) is 30.2 Å². The van der Waals surface area contributed by atoms with E-state index in [0.29, 0.717) is 0 Å². The average molecular weight is 345 g/mol. The molecular weight excluding hydrogens is 329 g/mol. The van der Waals surface area contributed by atoms with Gasteiger partial charge in [0.2, 0.25) is 0 Å². The highest BCUT2D eigenvalue weighted by atomic mass is 16.4. The molecule has 2 aromatic rings. The van der Waals surface area contributed by atoms with E-state index >= 15 is 0 Å². The Balaban J connectivity index is 2.21. The van der Waals surface area contributed by atoms with E-state index in [-0.39, 0.29) is 28.9 Å². The summed E-state index contributed by atoms with van der Waals surface area (Å²) >= 11 is 0. The van der Waals surface area contributed by atoms with Gasteiger partial charge in [-0.1, -0.05) is 12.1 Å². The third kappa shape index (κ3) is 4.46. The first-order chi connectivity index (χ1) is 11.8. The van der Waals surface area contributed by atoms with Crippen molar-refractivity contribution in [2.24, 2.45) is 0 Å². The molecule has 9 nitrogen and oxygen atoms in total. The topological polar surface area (TPSA) is 166 Å². The number of para-hydroxylation sites is 1. The lowest BCUT2D eigenvalue weighted by molar-refractivity contribution is 0.0693. The van der Waals surface area contributed by atoms with Gasteiger partial charge < -0.3 is 31.3 Å². The number of nitrogens with two attached hydrogens (primary N) is 1. The molecule has 2 rings (SSSR count). The van der Waals surface area contributed by atoms with E-state index in [1.54, 1.807) is 0 Å². The largest absolute Gasteiger partial charge is 0.507 e. The molecule has 0 aliphatic carbocycles. The fraction of sp³-hybridized carbons (Fsp3) is 0.133. The predicted molar refractivity (Wildman–Crippen MR) is 88.9 cm³/mol. The summed E-state index contributed by atoms with van der Waals surface area (Å²) in [6.45, 7) is 0. The summed E-state index contributed by atoms with van der Waals surface area (Å²) in [5, 5.41) is 40.4. The van der Waals surface area contributed by atoms with Gasteiger partial charge in [0.15, 0.2) is 0 Å². The van der Waals surface area contributed by atoms with E-state index in [4.69, 9.17) is 10.8 Å². The summed E-state index contributed by atoms with van der Waals surface area (Å²) in [4.78, 5) is 27.0. The van der Waals surface area contributed by atoms with Gasteiger partial charge in [0.1, 0.15) is 17.1 Å². The quantitative estimate of drug-likeness (QED) is 0.378. The summed E-state index contributed by atoms with van der Waals surface area (Å²) in [5.41, 5.74) is 5.49. The lowest BCUT2D eigenvalue weighted by atomic mass is 9.75. The Morgan fingerprint density at radius 3 is 2.60 bits per heavy atom. The van der Waals surface area contributed by atoms with Gasteiger partial charge in [-0.25, -0.2) is 9.78 Å². The van der Waals surface area contributed by atoms with Crippen LogP contribution in [-0.4, -0.2) is 50.2 Å². The molecule has 1 aromatic carbocycles. The van der Waals surface area contributed by atoms with Gasteiger partial charge >= 0.3 is 13.1 Å². The second kappa shape index (κ2) is 7.64. The number of hydrogen-bond acceptors (Lipinski definition) is 7. The fourth-order valence-electron chi connectivity index (χ4n) is 2.24. The molecule has 1 aromatic heterocycles. The highest BCUT2D eigenvalue weighted by Crippen LogP contribution is 2.24. The van der Waals surface area contributed by atoms with Gasteiger partial charge in [0, 0.05) is 11.8 Å². The molecule has 1 heterocycles. The number of carboxylic acids is 1. The standard InChI is InChI=1S/C15H16BN3O6/c17-12-7-9(4-5-18-12)14(21)19-11(16(24)25)6-8-2-1-3-10(13(8)20)15(22)23/h1-5,7,11,20,24-25H,6H2,(H2,17,18)(H,19,21)(H,22,23)/t11-/m0/s1. The van der Waals surface area contributed by atoms with Crippen molar-refractivity contribution in [1.82, 2.24) is 10.3 Å². The van der Waals surface area contributed by atoms with Gasteiger partial charge in [-0.15, -0.1) is 0 Å². The first-order valence-corrected chi connectivity index (χ1v) is 7.22. The number of anilines is 1. The maximum Gasteiger partial charge on any atom is 0.475 e. The summed E-state index contributed by atoms with van der Waals surface area (Å²) in [6.07, 6.45) is 1.13. The van der Waals surface area contributed by atoms with Crippen LogP contribution in [0.15, 0.2) is 36.5 Å². The maximum atomic E-state index is 12.2. The third-order valence-corrected chi connectivity index (χ3v) is 3.51. The van der Waals surface area contributed by atoms with Crippen LogP contribution in [0.5, 0.6) is 5.75 Å². The molecule has 1 atom stereocenters. The maximum absolute atomic E-state index is 12.2. The van der Waals surface area contributed by atoms with E-state index in [2.05, 4.69) is 10.3 Å². The highest BCUT2D eigenvalue weighted by molar-refractivity contribution is 6.43. The van der Waals surface area contributed by atoms with Crippen LogP contribution in [0, 0.1) is 0 Å². The van der Waals surface area contributed by atoms with E-state index in [1.165, 1.54) is 36.5 Å². The van der Waals surface area contributed by atoms with E-state index < -0.39 is 30.7 Å². The molecule has 0 spiro atoms. The number of aromatic carboxylic acids is 1. The Labute approximate surface area is 142 Å². The number of nitrogens with zero attached hydrogens (tertiary/aromatic N) is 1. The number of carbonyl (C=O) groups excluding carboxylic acids is 1. The van der Waals surface area contributed by atoms with Crippen molar-refractivity contribution in [2.45, 2.75) is 12.4 Å². The molecule has 0 saturated carbocycles. The van der Waals surface area contributed by atoms with Crippen molar-refractivity contribution in [3.63, 3.8) is 0 Å². The Morgan fingerprint density at radius 1 is 1.28 bits per heavy atom. The zero-order valence-electron chi connectivity index (χ0n) is 13.0. The van der Waals surface area contributed by atoms with Crippen molar-refractivity contribution in [1.29, 1.82) is 0 Å². The van der Waals surface area contributed by atoms with Crippen LogP contribution in [-0.2, 0) is 6.42 Å². The van der Waals surface area contributed by atoms with Crippen LogP contribution in [0.3, 0.4) is 0 Å². The fourth-order valence-corrected chi connectivity index (χ4v) is 2.24. The highest BCUT2D eigenvalue weighted by Gasteiger charge is 2.28. The average Bonchev–Trinajstić information content (AvgIpc) is 2.55. The summed E-state index contributed by atoms with van der Waals surface area (Å²) < 4.78 is 0.